The van der Waals surface area contributed by atoms with Crippen molar-refractivity contribution in [2.45, 2.75) is 5.92 Å². The van der Waals surface area contributed by atoms with Crippen molar-refractivity contribution >= 4 is 27.9 Å². The van der Waals surface area contributed by atoms with Crippen molar-refractivity contribution in [3.8, 4) is 5.75 Å². The van der Waals surface area contributed by atoms with Gasteiger partial charge in [-0.15, -0.1) is 0 Å². The molecule has 1 aliphatic rings. The third kappa shape index (κ3) is 3.46. The molecule has 0 saturated heterocycles. The van der Waals surface area contributed by atoms with Crippen LogP contribution in [0.4, 0.5) is 0 Å². The van der Waals surface area contributed by atoms with Crippen LogP contribution >= 0.6 is 15.9 Å². The maximum atomic E-state index is 12.3. The van der Waals surface area contributed by atoms with E-state index in [4.69, 9.17) is 14.2 Å². The van der Waals surface area contributed by atoms with E-state index in [0.29, 0.717) is 22.5 Å². The minimum absolute atomic E-state index is 0.319. The van der Waals surface area contributed by atoms with Crippen molar-refractivity contribution in [3.05, 3.63) is 51.8 Å². The number of nitrogens with zero attached hydrogens (tertiary/aromatic N) is 1. The van der Waals surface area contributed by atoms with Crippen molar-refractivity contribution in [1.29, 1.82) is 0 Å². The second-order valence-electron chi connectivity index (χ2n) is 5.14. The third-order valence-electron chi connectivity index (χ3n) is 3.65. The molecule has 0 fully saturated rings. The molecule has 0 spiro atoms. The Kier molecular flexibility index (Phi) is 5.66. The average Bonchev–Trinajstić information content (AvgIpc) is 2.59. The molecule has 128 valence electrons. The number of methoxy groups -OCH3 is 3. The first-order valence-corrected chi connectivity index (χ1v) is 7.87. The van der Waals surface area contributed by atoms with E-state index in [0.717, 1.165) is 4.47 Å². The van der Waals surface area contributed by atoms with E-state index in [9.17, 15) is 9.59 Å². The fraction of sp³-hybridized carbons (Fsp3) is 0.294. The molecule has 0 saturated carbocycles. The van der Waals surface area contributed by atoms with Crippen LogP contribution in [0.5, 0.6) is 5.75 Å². The highest BCUT2D eigenvalue weighted by atomic mass is 79.9. The molecule has 0 aliphatic carbocycles. The van der Waals surface area contributed by atoms with Gasteiger partial charge in [-0.2, -0.15) is 0 Å². The Morgan fingerprint density at radius 1 is 1.04 bits per heavy atom. The normalized spacial score (nSPS) is 14.6. The summed E-state index contributed by atoms with van der Waals surface area (Å²) in [6.07, 6.45) is 3.26. The third-order valence-corrected chi connectivity index (χ3v) is 4.15. The fourth-order valence-electron chi connectivity index (χ4n) is 2.64. The van der Waals surface area contributed by atoms with Crippen LogP contribution < -0.4 is 4.74 Å². The van der Waals surface area contributed by atoms with Gasteiger partial charge in [0, 0.05) is 29.5 Å². The molecule has 0 N–H and O–H groups in total. The Morgan fingerprint density at radius 2 is 1.58 bits per heavy atom. The zero-order valence-electron chi connectivity index (χ0n) is 13.8. The predicted octanol–water partition coefficient (Wildman–Crippen LogP) is 2.60. The van der Waals surface area contributed by atoms with Crippen molar-refractivity contribution < 1.29 is 23.8 Å². The average molecular weight is 396 g/mol. The lowest BCUT2D eigenvalue weighted by atomic mass is 9.83. The Hall–Kier alpha value is -2.28. The van der Waals surface area contributed by atoms with Gasteiger partial charge < -0.3 is 19.1 Å². The number of esters is 2. The fourth-order valence-corrected chi connectivity index (χ4v) is 3.01. The van der Waals surface area contributed by atoms with Gasteiger partial charge in [-0.1, -0.05) is 15.9 Å². The van der Waals surface area contributed by atoms with E-state index in [1.807, 2.05) is 12.1 Å². The molecule has 0 radical (unpaired) electrons. The van der Waals surface area contributed by atoms with E-state index in [-0.39, 0.29) is 0 Å². The molecule has 1 aromatic rings. The molecule has 7 heteroatoms. The highest BCUT2D eigenvalue weighted by Gasteiger charge is 2.36. The highest BCUT2D eigenvalue weighted by molar-refractivity contribution is 9.10. The summed E-state index contributed by atoms with van der Waals surface area (Å²) in [5, 5.41) is 0. The summed E-state index contributed by atoms with van der Waals surface area (Å²) in [4.78, 5) is 26.2. The van der Waals surface area contributed by atoms with Gasteiger partial charge in [0.2, 0.25) is 0 Å². The van der Waals surface area contributed by atoms with E-state index in [1.54, 1.807) is 30.4 Å². The van der Waals surface area contributed by atoms with Crippen LogP contribution in [0.2, 0.25) is 0 Å². The predicted molar refractivity (Wildman–Crippen MR) is 91.4 cm³/mol. The zero-order chi connectivity index (χ0) is 17.9. The molecule has 0 unspecified atom stereocenters. The molecule has 24 heavy (non-hydrogen) atoms. The molecule has 2 rings (SSSR count). The number of benzene rings is 1. The molecular formula is C17H18BrNO5. The molecule has 6 nitrogen and oxygen atoms in total. The van der Waals surface area contributed by atoms with Crippen LogP contribution in [0, 0.1) is 0 Å². The maximum absolute atomic E-state index is 12.3. The SMILES string of the molecule is COC(=O)C1=CN(C)C=C(C(=O)OC)C1c1cc(Br)ccc1OC. The van der Waals surface area contributed by atoms with Gasteiger partial charge in [-0.25, -0.2) is 9.59 Å². The van der Waals surface area contributed by atoms with E-state index in [2.05, 4.69) is 15.9 Å². The number of carbonyl (C=O) groups is 2. The van der Waals surface area contributed by atoms with Crippen molar-refractivity contribution in [3.63, 3.8) is 0 Å². The first-order chi connectivity index (χ1) is 11.4. The van der Waals surface area contributed by atoms with Gasteiger partial charge in [0.05, 0.1) is 38.4 Å². The molecule has 0 aromatic heterocycles. The smallest absolute Gasteiger partial charge is 0.336 e. The van der Waals surface area contributed by atoms with Crippen LogP contribution in [0.1, 0.15) is 11.5 Å². The summed E-state index contributed by atoms with van der Waals surface area (Å²) in [6.45, 7) is 0. The monoisotopic (exact) mass is 395 g/mol. The van der Waals surface area contributed by atoms with Gasteiger partial charge in [0.25, 0.3) is 0 Å². The first-order valence-electron chi connectivity index (χ1n) is 7.08. The van der Waals surface area contributed by atoms with Crippen LogP contribution in [0.25, 0.3) is 0 Å². The summed E-state index contributed by atoms with van der Waals surface area (Å²) >= 11 is 3.41. The van der Waals surface area contributed by atoms with Gasteiger partial charge in [-0.3, -0.25) is 0 Å². The Labute approximate surface area is 148 Å². The maximum Gasteiger partial charge on any atom is 0.336 e. The minimum atomic E-state index is -0.659. The summed E-state index contributed by atoms with van der Waals surface area (Å²) in [7, 11) is 5.86. The van der Waals surface area contributed by atoms with Gasteiger partial charge >= 0.3 is 11.9 Å². The van der Waals surface area contributed by atoms with Crippen molar-refractivity contribution in [1.82, 2.24) is 4.90 Å². The lowest BCUT2D eigenvalue weighted by Crippen LogP contribution is -2.27. The van der Waals surface area contributed by atoms with E-state index >= 15 is 0 Å². The van der Waals surface area contributed by atoms with Gasteiger partial charge in [-0.05, 0) is 18.2 Å². The number of hydrogen-bond donors (Lipinski definition) is 0. The zero-order valence-corrected chi connectivity index (χ0v) is 15.4. The standard InChI is InChI=1S/C17H18BrNO5/c1-19-8-12(16(20)23-3)15(13(9-19)17(21)24-4)11-7-10(18)5-6-14(11)22-2/h5-9,15H,1-4H3. The van der Waals surface area contributed by atoms with E-state index < -0.39 is 17.9 Å². The largest absolute Gasteiger partial charge is 0.496 e. The first kappa shape index (κ1) is 18.1. The lowest BCUT2D eigenvalue weighted by Gasteiger charge is -2.29. The lowest BCUT2D eigenvalue weighted by molar-refractivity contribution is -0.137. The minimum Gasteiger partial charge on any atom is -0.496 e. The number of halogens is 1. The van der Waals surface area contributed by atoms with Crippen molar-refractivity contribution in [2.75, 3.05) is 28.4 Å². The molecule has 1 aliphatic heterocycles. The Bertz CT molecular complexity index is 692. The van der Waals surface area contributed by atoms with Gasteiger partial charge in [0.1, 0.15) is 5.75 Å². The number of ether oxygens (including phenoxy) is 3. The summed E-state index contributed by atoms with van der Waals surface area (Å²) in [5.74, 6) is -1.15. The quantitative estimate of drug-likeness (QED) is 0.730. The Morgan fingerprint density at radius 3 is 2.04 bits per heavy atom. The number of rotatable bonds is 4. The summed E-state index contributed by atoms with van der Waals surface area (Å²) in [6, 6.07) is 5.39. The molecule has 0 atom stereocenters. The second kappa shape index (κ2) is 7.53. The molecule has 1 heterocycles. The number of hydrogen-bond acceptors (Lipinski definition) is 6. The van der Waals surface area contributed by atoms with Crippen LogP contribution in [-0.4, -0.2) is 45.2 Å². The van der Waals surface area contributed by atoms with Crippen molar-refractivity contribution in [2.24, 2.45) is 0 Å². The highest BCUT2D eigenvalue weighted by Crippen LogP contribution is 2.41. The molecule has 0 bridgehead atoms. The van der Waals surface area contributed by atoms with E-state index in [1.165, 1.54) is 21.3 Å². The Balaban J connectivity index is 2.68. The number of carbonyl (C=O) groups excluding carboxylic acids is 2. The summed E-state index contributed by atoms with van der Waals surface area (Å²) < 4.78 is 16.0. The van der Waals surface area contributed by atoms with Crippen LogP contribution in [0.3, 0.4) is 0 Å². The van der Waals surface area contributed by atoms with Crippen LogP contribution in [-0.2, 0) is 19.1 Å². The topological polar surface area (TPSA) is 65.1 Å². The second-order valence-corrected chi connectivity index (χ2v) is 6.05. The molecular weight excluding hydrogens is 378 g/mol. The van der Waals surface area contributed by atoms with Gasteiger partial charge in [0.15, 0.2) is 0 Å². The van der Waals surface area contributed by atoms with Crippen LogP contribution in [0.15, 0.2) is 46.2 Å². The molecule has 0 amide bonds. The summed E-state index contributed by atoms with van der Waals surface area (Å²) in [5.41, 5.74) is 1.30. The molecule has 1 aromatic carbocycles.